The number of morpholine rings is 1. The first-order valence-electron chi connectivity index (χ1n) is 13.3. The molecule has 8 heteroatoms. The van der Waals surface area contributed by atoms with Crippen molar-refractivity contribution in [2.45, 2.75) is 66.5 Å². The molecule has 0 saturated carbocycles. The molecule has 0 radical (unpaired) electrons. The molecule has 1 unspecified atom stereocenters. The summed E-state index contributed by atoms with van der Waals surface area (Å²) in [5, 5.41) is 2.84. The Bertz CT molecular complexity index is 912. The molecule has 2 fully saturated rings. The molecule has 3 rings (SSSR count). The zero-order valence-corrected chi connectivity index (χ0v) is 22.2. The summed E-state index contributed by atoms with van der Waals surface area (Å²) in [6, 6.07) is 0.456. The van der Waals surface area contributed by atoms with Gasteiger partial charge in [0.2, 0.25) is 5.43 Å². The molecule has 1 aromatic heterocycles. The number of carbonyl (C=O) groups is 2. The number of piperidine rings is 1. The molecule has 2 aliphatic rings. The third-order valence-corrected chi connectivity index (χ3v) is 7.32. The fourth-order valence-electron chi connectivity index (χ4n) is 4.91. The van der Waals surface area contributed by atoms with Crippen LogP contribution >= 0.6 is 0 Å². The second kappa shape index (κ2) is 12.7. The van der Waals surface area contributed by atoms with E-state index in [0.717, 1.165) is 45.6 Å². The predicted octanol–water partition coefficient (Wildman–Crippen LogP) is 2.85. The van der Waals surface area contributed by atoms with Crippen molar-refractivity contribution in [2.24, 2.45) is 17.8 Å². The van der Waals surface area contributed by atoms with Crippen LogP contribution in [0.1, 0.15) is 74.6 Å². The second-order valence-corrected chi connectivity index (χ2v) is 11.0. The van der Waals surface area contributed by atoms with Crippen LogP contribution in [0, 0.1) is 17.8 Å². The maximum absolute atomic E-state index is 13.5. The molecule has 1 aromatic rings. The molecule has 8 nitrogen and oxygen atoms in total. The smallest absolute Gasteiger partial charge is 0.259 e. The lowest BCUT2D eigenvalue weighted by Gasteiger charge is -2.41. The topological polar surface area (TPSA) is 83.9 Å². The highest BCUT2D eigenvalue weighted by Gasteiger charge is 2.31. The molecule has 3 heterocycles. The van der Waals surface area contributed by atoms with Crippen molar-refractivity contribution in [3.8, 4) is 0 Å². The van der Waals surface area contributed by atoms with Crippen LogP contribution in [-0.2, 0) is 11.3 Å². The Kier molecular flexibility index (Phi) is 9.92. The number of ether oxygens (including phenoxy) is 1. The van der Waals surface area contributed by atoms with Crippen LogP contribution in [0.15, 0.2) is 17.2 Å². The first-order valence-corrected chi connectivity index (χ1v) is 13.3. The number of nitrogens with zero attached hydrogens (tertiary/aromatic N) is 3. The summed E-state index contributed by atoms with van der Waals surface area (Å²) >= 11 is 0. The first kappa shape index (κ1) is 27.4. The Morgan fingerprint density at radius 3 is 2.20 bits per heavy atom. The highest BCUT2D eigenvalue weighted by atomic mass is 16.5. The molecule has 35 heavy (non-hydrogen) atoms. The van der Waals surface area contributed by atoms with Crippen molar-refractivity contribution in [1.29, 1.82) is 0 Å². The van der Waals surface area contributed by atoms with Gasteiger partial charge >= 0.3 is 0 Å². The van der Waals surface area contributed by atoms with Gasteiger partial charge in [-0.1, -0.05) is 27.7 Å². The van der Waals surface area contributed by atoms with E-state index in [4.69, 9.17) is 4.74 Å². The number of aromatic nitrogens is 1. The van der Waals surface area contributed by atoms with E-state index in [9.17, 15) is 14.4 Å². The number of hydrogen-bond acceptors (Lipinski definition) is 5. The third-order valence-electron chi connectivity index (χ3n) is 7.32. The van der Waals surface area contributed by atoms with Gasteiger partial charge in [0.25, 0.3) is 11.8 Å². The standard InChI is InChI=1S/C27H44N4O4/c1-19(2)6-9-29-17-23(26(33)28-16-20(3)4)25(32)24(18-29)27(34)31-10-7-22(8-11-31)21(5)30-12-14-35-15-13-30/h17-22H,6-16H2,1-5H3,(H,28,33). The van der Waals surface area contributed by atoms with Crippen molar-refractivity contribution < 1.29 is 14.3 Å². The van der Waals surface area contributed by atoms with E-state index < -0.39 is 11.3 Å². The quantitative estimate of drug-likeness (QED) is 0.578. The fourth-order valence-corrected chi connectivity index (χ4v) is 4.91. The van der Waals surface area contributed by atoms with Crippen LogP contribution in [0.2, 0.25) is 0 Å². The lowest BCUT2D eigenvalue weighted by atomic mass is 9.89. The SMILES string of the molecule is CC(C)CCn1cc(C(=O)NCC(C)C)c(=O)c(C(=O)N2CCC(C(C)N3CCOCC3)CC2)c1. The van der Waals surface area contributed by atoms with Gasteiger partial charge in [-0.15, -0.1) is 0 Å². The number of aryl methyl sites for hydroxylation is 1. The van der Waals surface area contributed by atoms with Crippen molar-refractivity contribution in [3.05, 3.63) is 33.7 Å². The molecule has 1 atom stereocenters. The van der Waals surface area contributed by atoms with Crippen molar-refractivity contribution in [1.82, 2.24) is 19.7 Å². The molecule has 196 valence electrons. The molecule has 2 amide bonds. The average molecular weight is 489 g/mol. The molecule has 0 aliphatic carbocycles. The summed E-state index contributed by atoms with van der Waals surface area (Å²) in [6.07, 6.45) is 5.98. The number of amides is 2. The molecule has 0 bridgehead atoms. The number of pyridine rings is 1. The van der Waals surface area contributed by atoms with Crippen molar-refractivity contribution in [3.63, 3.8) is 0 Å². The minimum atomic E-state index is -0.471. The van der Waals surface area contributed by atoms with E-state index in [1.54, 1.807) is 17.3 Å². The Morgan fingerprint density at radius 2 is 1.60 bits per heavy atom. The summed E-state index contributed by atoms with van der Waals surface area (Å²) in [6.45, 7) is 16.4. The zero-order valence-electron chi connectivity index (χ0n) is 22.2. The monoisotopic (exact) mass is 488 g/mol. The second-order valence-electron chi connectivity index (χ2n) is 11.0. The Labute approximate surface area is 210 Å². The molecular formula is C27H44N4O4. The maximum Gasteiger partial charge on any atom is 0.259 e. The Balaban J connectivity index is 1.74. The number of likely N-dealkylation sites (tertiary alicyclic amines) is 1. The zero-order chi connectivity index (χ0) is 25.5. The number of nitrogens with one attached hydrogen (secondary N) is 1. The van der Waals surface area contributed by atoms with E-state index in [-0.39, 0.29) is 23.0 Å². The summed E-state index contributed by atoms with van der Waals surface area (Å²) in [4.78, 5) is 43.8. The lowest BCUT2D eigenvalue weighted by molar-refractivity contribution is -0.000964. The summed E-state index contributed by atoms with van der Waals surface area (Å²) in [7, 11) is 0. The van der Waals surface area contributed by atoms with Crippen LogP contribution in [0.5, 0.6) is 0 Å². The lowest BCUT2D eigenvalue weighted by Crippen LogP contribution is -2.49. The summed E-state index contributed by atoms with van der Waals surface area (Å²) < 4.78 is 7.32. The van der Waals surface area contributed by atoms with Gasteiger partial charge in [0, 0.05) is 57.7 Å². The van der Waals surface area contributed by atoms with E-state index >= 15 is 0 Å². The van der Waals surface area contributed by atoms with Gasteiger partial charge in [-0.25, -0.2) is 0 Å². The largest absolute Gasteiger partial charge is 0.379 e. The van der Waals surface area contributed by atoms with Gasteiger partial charge in [0.15, 0.2) is 0 Å². The predicted molar refractivity (Wildman–Crippen MR) is 138 cm³/mol. The van der Waals surface area contributed by atoms with Gasteiger partial charge in [-0.3, -0.25) is 19.3 Å². The van der Waals surface area contributed by atoms with Crippen molar-refractivity contribution >= 4 is 11.8 Å². The highest BCUT2D eigenvalue weighted by Crippen LogP contribution is 2.25. The minimum Gasteiger partial charge on any atom is -0.379 e. The molecule has 1 N–H and O–H groups in total. The number of hydrogen-bond donors (Lipinski definition) is 1. The molecule has 0 aromatic carbocycles. The molecular weight excluding hydrogens is 444 g/mol. The van der Waals surface area contributed by atoms with Gasteiger partial charge < -0.3 is 19.5 Å². The average Bonchev–Trinajstić information content (AvgIpc) is 2.86. The highest BCUT2D eigenvalue weighted by molar-refractivity contribution is 5.99. The van der Waals surface area contributed by atoms with Crippen LogP contribution < -0.4 is 10.7 Å². The van der Waals surface area contributed by atoms with Gasteiger partial charge in [0.1, 0.15) is 11.1 Å². The molecule has 2 aliphatic heterocycles. The van der Waals surface area contributed by atoms with E-state index in [0.29, 0.717) is 44.1 Å². The Morgan fingerprint density at radius 1 is 0.971 bits per heavy atom. The Hall–Kier alpha value is -2.19. The third kappa shape index (κ3) is 7.40. The summed E-state index contributed by atoms with van der Waals surface area (Å²) in [5.41, 5.74) is -0.317. The first-order chi connectivity index (χ1) is 16.7. The van der Waals surface area contributed by atoms with E-state index in [1.807, 2.05) is 18.4 Å². The van der Waals surface area contributed by atoms with Crippen molar-refractivity contribution in [2.75, 3.05) is 45.9 Å². The van der Waals surface area contributed by atoms with Crippen LogP contribution in [0.25, 0.3) is 0 Å². The van der Waals surface area contributed by atoms with E-state index in [2.05, 4.69) is 31.0 Å². The van der Waals surface area contributed by atoms with Crippen LogP contribution in [-0.4, -0.2) is 78.2 Å². The minimum absolute atomic E-state index is 0.0519. The maximum atomic E-state index is 13.5. The van der Waals surface area contributed by atoms with E-state index in [1.165, 1.54) is 0 Å². The van der Waals surface area contributed by atoms with Gasteiger partial charge in [0.05, 0.1) is 13.2 Å². The fraction of sp³-hybridized carbons (Fsp3) is 0.741. The molecule has 2 saturated heterocycles. The van der Waals surface area contributed by atoms with Gasteiger partial charge in [-0.05, 0) is 43.9 Å². The number of rotatable bonds is 9. The normalized spacial score (nSPS) is 18.8. The summed E-state index contributed by atoms with van der Waals surface area (Å²) in [5.74, 6) is 0.597. The molecule has 0 spiro atoms. The number of carbonyl (C=O) groups excluding carboxylic acids is 2. The van der Waals surface area contributed by atoms with Crippen LogP contribution in [0.3, 0.4) is 0 Å². The van der Waals surface area contributed by atoms with Gasteiger partial charge in [-0.2, -0.15) is 0 Å². The van der Waals surface area contributed by atoms with Crippen LogP contribution in [0.4, 0.5) is 0 Å².